The van der Waals surface area contributed by atoms with Crippen molar-refractivity contribution < 1.29 is 0 Å². The number of benzene rings is 1. The molecule has 0 radical (unpaired) electrons. The first-order valence-corrected chi connectivity index (χ1v) is 8.33. The summed E-state index contributed by atoms with van der Waals surface area (Å²) in [4.78, 5) is 4.28. The van der Waals surface area contributed by atoms with Gasteiger partial charge in [0.1, 0.15) is 0 Å². The third-order valence-electron chi connectivity index (χ3n) is 5.08. The lowest BCUT2D eigenvalue weighted by atomic mass is 10.0. The molecule has 4 rings (SSSR count). The first-order valence-electron chi connectivity index (χ1n) is 7.34. The van der Waals surface area contributed by atoms with Crippen molar-refractivity contribution in [3.05, 3.63) is 29.8 Å². The van der Waals surface area contributed by atoms with Crippen molar-refractivity contribution in [1.29, 1.82) is 0 Å². The first kappa shape index (κ1) is 11.4. The van der Waals surface area contributed by atoms with Gasteiger partial charge in [-0.1, -0.05) is 24.6 Å². The molecule has 2 aliphatic heterocycles. The molecule has 2 heterocycles. The summed E-state index contributed by atoms with van der Waals surface area (Å²) in [5.41, 5.74) is 1.61. The molecule has 1 aliphatic carbocycles. The summed E-state index contributed by atoms with van der Waals surface area (Å²) < 4.78 is 0. The normalized spacial score (nSPS) is 34.8. The Morgan fingerprint density at radius 1 is 1.11 bits per heavy atom. The lowest BCUT2D eigenvalue weighted by Gasteiger charge is -2.21. The molecule has 96 valence electrons. The summed E-state index contributed by atoms with van der Waals surface area (Å²) in [5, 5.41) is 0. The smallest absolute Gasteiger partial charge is 0.0108 e. The van der Waals surface area contributed by atoms with E-state index in [1.54, 1.807) is 5.56 Å². The molecule has 0 aromatic heterocycles. The third-order valence-corrected chi connectivity index (χ3v) is 6.33. The number of nitrogens with zero attached hydrogens (tertiary/aromatic N) is 1. The molecule has 1 aromatic rings. The van der Waals surface area contributed by atoms with Gasteiger partial charge >= 0.3 is 0 Å². The van der Waals surface area contributed by atoms with E-state index in [9.17, 15) is 0 Å². The molecule has 2 heteroatoms. The van der Waals surface area contributed by atoms with E-state index in [1.165, 1.54) is 49.5 Å². The van der Waals surface area contributed by atoms with E-state index in [0.29, 0.717) is 0 Å². The van der Waals surface area contributed by atoms with Crippen LogP contribution < -0.4 is 0 Å². The molecular weight excluding hydrogens is 238 g/mol. The quantitative estimate of drug-likeness (QED) is 0.798. The van der Waals surface area contributed by atoms with E-state index in [0.717, 1.165) is 17.8 Å². The number of fused-ring (bicyclic) bond motifs is 2. The van der Waals surface area contributed by atoms with Gasteiger partial charge in [-0.05, 0) is 36.3 Å². The maximum Gasteiger partial charge on any atom is 0.0108 e. The third kappa shape index (κ3) is 1.90. The zero-order valence-electron chi connectivity index (χ0n) is 10.8. The van der Waals surface area contributed by atoms with Crippen molar-refractivity contribution in [2.75, 3.05) is 25.4 Å². The van der Waals surface area contributed by atoms with Gasteiger partial charge < -0.3 is 4.90 Å². The second-order valence-electron chi connectivity index (χ2n) is 6.22. The number of hydrogen-bond donors (Lipinski definition) is 0. The summed E-state index contributed by atoms with van der Waals surface area (Å²) in [6.45, 7) is 4.07. The topological polar surface area (TPSA) is 3.24 Å². The molecule has 18 heavy (non-hydrogen) atoms. The minimum absolute atomic E-state index is 0.782. The maximum atomic E-state index is 2.75. The Bertz CT molecular complexity index is 432. The Morgan fingerprint density at radius 3 is 2.72 bits per heavy atom. The summed E-state index contributed by atoms with van der Waals surface area (Å²) in [6, 6.07) is 9.01. The largest absolute Gasteiger partial charge is 0.302 e. The van der Waals surface area contributed by atoms with Crippen molar-refractivity contribution >= 4 is 11.8 Å². The average Bonchev–Trinajstić information content (AvgIpc) is 3.04. The van der Waals surface area contributed by atoms with Crippen LogP contribution >= 0.6 is 11.8 Å². The number of thioether (sulfide) groups is 1. The first-order chi connectivity index (χ1) is 8.90. The zero-order valence-corrected chi connectivity index (χ0v) is 11.7. The molecule has 0 bridgehead atoms. The Hall–Kier alpha value is -0.470. The molecule has 1 saturated heterocycles. The van der Waals surface area contributed by atoms with Gasteiger partial charge in [-0.25, -0.2) is 0 Å². The molecule has 3 aliphatic rings. The predicted octanol–water partition coefficient (Wildman–Crippen LogP) is 3.61. The summed E-state index contributed by atoms with van der Waals surface area (Å²) in [6.07, 6.45) is 4.49. The Morgan fingerprint density at radius 2 is 1.89 bits per heavy atom. The zero-order chi connectivity index (χ0) is 11.9. The number of hydrogen-bond acceptors (Lipinski definition) is 2. The van der Waals surface area contributed by atoms with Gasteiger partial charge in [0.25, 0.3) is 0 Å². The van der Waals surface area contributed by atoms with E-state index >= 15 is 0 Å². The van der Waals surface area contributed by atoms with Crippen LogP contribution in [0.25, 0.3) is 0 Å². The highest BCUT2D eigenvalue weighted by molar-refractivity contribution is 7.99. The molecule has 0 N–H and O–H groups in total. The number of likely N-dealkylation sites (tertiary alicyclic amines) is 1. The fourth-order valence-corrected chi connectivity index (χ4v) is 5.42. The van der Waals surface area contributed by atoms with Crippen LogP contribution in [0.3, 0.4) is 0 Å². The van der Waals surface area contributed by atoms with Gasteiger partial charge in [-0.2, -0.15) is 0 Å². The molecule has 0 spiro atoms. The van der Waals surface area contributed by atoms with Gasteiger partial charge in [0.05, 0.1) is 0 Å². The van der Waals surface area contributed by atoms with E-state index < -0.39 is 0 Å². The molecule has 2 fully saturated rings. The van der Waals surface area contributed by atoms with Gasteiger partial charge in [0.2, 0.25) is 0 Å². The minimum Gasteiger partial charge on any atom is -0.302 e. The Labute approximate surface area is 114 Å². The van der Waals surface area contributed by atoms with Crippen LogP contribution in [-0.4, -0.2) is 30.3 Å². The van der Waals surface area contributed by atoms with E-state index in [-0.39, 0.29) is 0 Å². The molecular formula is C16H21NS. The van der Waals surface area contributed by atoms with Crippen LogP contribution in [0, 0.1) is 11.8 Å². The van der Waals surface area contributed by atoms with Crippen molar-refractivity contribution in [2.45, 2.75) is 30.1 Å². The van der Waals surface area contributed by atoms with Crippen molar-refractivity contribution in [2.24, 2.45) is 11.8 Å². The van der Waals surface area contributed by atoms with Crippen LogP contribution in [0.5, 0.6) is 0 Å². The highest BCUT2D eigenvalue weighted by atomic mass is 32.2. The SMILES string of the molecule is c1ccc2c(c1)SCC2CN1CC2CCCC2C1. The van der Waals surface area contributed by atoms with Crippen LogP contribution in [0.4, 0.5) is 0 Å². The molecule has 1 saturated carbocycles. The lowest BCUT2D eigenvalue weighted by Crippen LogP contribution is -2.27. The summed E-state index contributed by atoms with van der Waals surface area (Å²) >= 11 is 2.05. The second kappa shape index (κ2) is 4.57. The van der Waals surface area contributed by atoms with Gasteiger partial charge in [-0.15, -0.1) is 11.8 Å². The van der Waals surface area contributed by atoms with Crippen LogP contribution in [0.1, 0.15) is 30.7 Å². The molecule has 0 amide bonds. The second-order valence-corrected chi connectivity index (χ2v) is 7.28. The Balaban J connectivity index is 1.45. The molecule has 1 nitrogen and oxygen atoms in total. The van der Waals surface area contributed by atoms with Crippen molar-refractivity contribution in [3.63, 3.8) is 0 Å². The maximum absolute atomic E-state index is 2.75. The van der Waals surface area contributed by atoms with Gasteiger partial charge in [0, 0.05) is 36.2 Å². The Kier molecular flexibility index (Phi) is 2.89. The van der Waals surface area contributed by atoms with Gasteiger partial charge in [-0.3, -0.25) is 0 Å². The van der Waals surface area contributed by atoms with Gasteiger partial charge in [0.15, 0.2) is 0 Å². The van der Waals surface area contributed by atoms with Crippen LogP contribution in [0.2, 0.25) is 0 Å². The fourth-order valence-electron chi connectivity index (χ4n) is 4.17. The average molecular weight is 259 g/mol. The fraction of sp³-hybridized carbons (Fsp3) is 0.625. The monoisotopic (exact) mass is 259 g/mol. The van der Waals surface area contributed by atoms with Crippen molar-refractivity contribution in [3.8, 4) is 0 Å². The lowest BCUT2D eigenvalue weighted by molar-refractivity contribution is 0.297. The standard InChI is InChI=1S/C16H21NS/c1-2-7-16-15(6-1)14(11-18-16)10-17-8-12-4-3-5-13(12)9-17/h1-2,6-7,12-14H,3-5,8-11H2. The highest BCUT2D eigenvalue weighted by Crippen LogP contribution is 2.42. The van der Waals surface area contributed by atoms with E-state index in [4.69, 9.17) is 0 Å². The summed E-state index contributed by atoms with van der Waals surface area (Å²) in [5.74, 6) is 4.15. The summed E-state index contributed by atoms with van der Waals surface area (Å²) in [7, 11) is 0. The molecule has 3 atom stereocenters. The minimum atomic E-state index is 0.782. The van der Waals surface area contributed by atoms with E-state index in [1.807, 2.05) is 0 Å². The van der Waals surface area contributed by atoms with Crippen molar-refractivity contribution in [1.82, 2.24) is 4.90 Å². The predicted molar refractivity (Wildman–Crippen MR) is 77.2 cm³/mol. The van der Waals surface area contributed by atoms with Crippen LogP contribution in [0.15, 0.2) is 29.2 Å². The highest BCUT2D eigenvalue weighted by Gasteiger charge is 2.37. The molecule has 3 unspecified atom stereocenters. The number of rotatable bonds is 2. The van der Waals surface area contributed by atoms with Crippen LogP contribution in [-0.2, 0) is 0 Å². The molecule has 1 aromatic carbocycles. The van der Waals surface area contributed by atoms with E-state index in [2.05, 4.69) is 40.9 Å².